The second kappa shape index (κ2) is 6.96. The van der Waals surface area contributed by atoms with E-state index in [1.807, 2.05) is 12.1 Å². The lowest BCUT2D eigenvalue weighted by molar-refractivity contribution is -0.137. The van der Waals surface area contributed by atoms with Crippen LogP contribution in [0.2, 0.25) is 0 Å². The van der Waals surface area contributed by atoms with Crippen LogP contribution in [0.25, 0.3) is 0 Å². The number of thioether (sulfide) groups is 1. The zero-order valence-corrected chi connectivity index (χ0v) is 10.1. The molecule has 0 spiro atoms. The Bertz CT molecular complexity index is 386. The van der Waals surface area contributed by atoms with E-state index in [-0.39, 0.29) is 12.8 Å². The van der Waals surface area contributed by atoms with Gasteiger partial charge in [-0.2, -0.15) is 0 Å². The monoisotopic (exact) mass is 254 g/mol. The van der Waals surface area contributed by atoms with Crippen molar-refractivity contribution in [2.45, 2.75) is 24.2 Å². The van der Waals surface area contributed by atoms with Gasteiger partial charge in [-0.25, -0.2) is 0 Å². The molecule has 1 aromatic rings. The van der Waals surface area contributed by atoms with Gasteiger partial charge in [-0.1, -0.05) is 12.1 Å². The fourth-order valence-electron chi connectivity index (χ4n) is 1.29. The van der Waals surface area contributed by atoms with Crippen molar-refractivity contribution >= 4 is 23.7 Å². The van der Waals surface area contributed by atoms with Gasteiger partial charge in [0.25, 0.3) is 0 Å². The number of rotatable bonds is 7. The molecule has 0 saturated heterocycles. The van der Waals surface area contributed by atoms with Crippen LogP contribution in [0.1, 0.15) is 18.4 Å². The molecule has 92 valence electrons. The molecule has 2 N–H and O–H groups in total. The summed E-state index contributed by atoms with van der Waals surface area (Å²) >= 11 is 1.58. The molecule has 0 amide bonds. The normalized spacial score (nSPS) is 10.1. The zero-order valence-electron chi connectivity index (χ0n) is 9.26. The summed E-state index contributed by atoms with van der Waals surface area (Å²) in [6.07, 6.45) is 0.852. The van der Waals surface area contributed by atoms with Gasteiger partial charge in [0.2, 0.25) is 0 Å². The van der Waals surface area contributed by atoms with Gasteiger partial charge in [0.1, 0.15) is 0 Å². The van der Waals surface area contributed by atoms with E-state index in [0.717, 1.165) is 16.2 Å². The van der Waals surface area contributed by atoms with Crippen LogP contribution in [0.5, 0.6) is 0 Å². The summed E-state index contributed by atoms with van der Waals surface area (Å²) in [5.74, 6) is -0.862. The summed E-state index contributed by atoms with van der Waals surface area (Å²) in [5, 5.41) is 17.1. The Kier molecular flexibility index (Phi) is 5.56. The third-order valence-electron chi connectivity index (χ3n) is 2.08. The van der Waals surface area contributed by atoms with E-state index in [2.05, 4.69) is 0 Å². The predicted molar refractivity (Wildman–Crippen MR) is 65.4 cm³/mol. The highest BCUT2D eigenvalue weighted by Gasteiger charge is 2.01. The fourth-order valence-corrected chi connectivity index (χ4v) is 2.14. The molecule has 4 nitrogen and oxygen atoms in total. The fraction of sp³-hybridized carbons (Fsp3) is 0.333. The summed E-state index contributed by atoms with van der Waals surface area (Å²) in [4.78, 5) is 21.8. The molecule has 0 aliphatic carbocycles. The van der Waals surface area contributed by atoms with E-state index in [1.54, 1.807) is 23.9 Å². The van der Waals surface area contributed by atoms with Crippen molar-refractivity contribution in [2.75, 3.05) is 5.75 Å². The minimum atomic E-state index is -0.841. The number of carboxylic acids is 2. The number of aliphatic carboxylic acids is 2. The molecule has 0 unspecified atom stereocenters. The number of hydrogen-bond acceptors (Lipinski definition) is 3. The maximum Gasteiger partial charge on any atom is 0.307 e. The van der Waals surface area contributed by atoms with E-state index >= 15 is 0 Å². The third kappa shape index (κ3) is 5.97. The van der Waals surface area contributed by atoms with Gasteiger partial charge in [-0.05, 0) is 29.9 Å². The quantitative estimate of drug-likeness (QED) is 0.576. The first-order valence-corrected chi connectivity index (χ1v) is 6.22. The average Bonchev–Trinajstić information content (AvgIpc) is 2.25. The lowest BCUT2D eigenvalue weighted by atomic mass is 10.2. The van der Waals surface area contributed by atoms with Gasteiger partial charge in [-0.15, -0.1) is 11.8 Å². The maximum atomic E-state index is 10.5. The molecule has 5 heteroatoms. The molecule has 0 aliphatic rings. The number of benzene rings is 1. The van der Waals surface area contributed by atoms with Crippen LogP contribution in [0.15, 0.2) is 29.2 Å². The van der Waals surface area contributed by atoms with Gasteiger partial charge < -0.3 is 10.2 Å². The second-order valence-electron chi connectivity index (χ2n) is 3.56. The van der Waals surface area contributed by atoms with Gasteiger partial charge >= 0.3 is 11.9 Å². The first-order valence-electron chi connectivity index (χ1n) is 5.23. The second-order valence-corrected chi connectivity index (χ2v) is 4.73. The van der Waals surface area contributed by atoms with E-state index in [1.165, 1.54) is 0 Å². The van der Waals surface area contributed by atoms with Crippen LogP contribution >= 0.6 is 11.8 Å². The molecule has 1 rings (SSSR count). The molecule has 1 aromatic carbocycles. The predicted octanol–water partition coefficient (Wildman–Crippen LogP) is 2.27. The summed E-state index contributed by atoms with van der Waals surface area (Å²) in [7, 11) is 0. The molecular weight excluding hydrogens is 240 g/mol. The smallest absolute Gasteiger partial charge is 0.307 e. The van der Waals surface area contributed by atoms with Gasteiger partial charge in [0, 0.05) is 11.3 Å². The molecular formula is C12H14O4S. The van der Waals surface area contributed by atoms with Crippen LogP contribution < -0.4 is 0 Å². The maximum absolute atomic E-state index is 10.5. The van der Waals surface area contributed by atoms with Gasteiger partial charge in [0.15, 0.2) is 0 Å². The number of hydrogen-bond donors (Lipinski definition) is 2. The van der Waals surface area contributed by atoms with Crippen LogP contribution in [-0.4, -0.2) is 27.9 Å². The van der Waals surface area contributed by atoms with Crippen molar-refractivity contribution < 1.29 is 19.8 Å². The van der Waals surface area contributed by atoms with E-state index in [9.17, 15) is 9.59 Å². The highest BCUT2D eigenvalue weighted by molar-refractivity contribution is 7.99. The highest BCUT2D eigenvalue weighted by atomic mass is 32.2. The largest absolute Gasteiger partial charge is 0.481 e. The minimum absolute atomic E-state index is 0.0317. The van der Waals surface area contributed by atoms with Crippen molar-refractivity contribution in [3.63, 3.8) is 0 Å². The Morgan fingerprint density at radius 1 is 1.06 bits per heavy atom. The zero-order chi connectivity index (χ0) is 12.7. The van der Waals surface area contributed by atoms with Crippen molar-refractivity contribution in [3.8, 4) is 0 Å². The standard InChI is InChI=1S/C12H14O4S/c13-11(14)2-1-7-17-10-5-3-9(4-6-10)8-12(15)16/h3-6H,1-2,7-8H2,(H,13,14)(H,15,16). The van der Waals surface area contributed by atoms with Crippen molar-refractivity contribution in [1.82, 2.24) is 0 Å². The number of carbonyl (C=O) groups is 2. The molecule has 0 atom stereocenters. The molecule has 17 heavy (non-hydrogen) atoms. The Morgan fingerprint density at radius 2 is 1.71 bits per heavy atom. The average molecular weight is 254 g/mol. The van der Waals surface area contributed by atoms with E-state index in [0.29, 0.717) is 6.42 Å². The Morgan fingerprint density at radius 3 is 2.24 bits per heavy atom. The van der Waals surface area contributed by atoms with Crippen LogP contribution in [0, 0.1) is 0 Å². The molecule has 0 radical (unpaired) electrons. The number of carboxylic acid groups (broad SMARTS) is 2. The summed E-state index contributed by atoms with van der Waals surface area (Å²) in [6.45, 7) is 0. The third-order valence-corrected chi connectivity index (χ3v) is 3.18. The molecule has 0 aliphatic heterocycles. The van der Waals surface area contributed by atoms with Gasteiger partial charge in [0.05, 0.1) is 6.42 Å². The summed E-state index contributed by atoms with van der Waals surface area (Å²) < 4.78 is 0. The van der Waals surface area contributed by atoms with Gasteiger partial charge in [-0.3, -0.25) is 9.59 Å². The van der Waals surface area contributed by atoms with Crippen molar-refractivity contribution in [1.29, 1.82) is 0 Å². The van der Waals surface area contributed by atoms with Crippen LogP contribution in [0.3, 0.4) is 0 Å². The summed E-state index contributed by atoms with van der Waals surface area (Å²) in [5.41, 5.74) is 0.771. The first-order chi connectivity index (χ1) is 8.08. The van der Waals surface area contributed by atoms with Crippen LogP contribution in [0.4, 0.5) is 0 Å². The molecule has 0 fully saturated rings. The Labute approximate surface area is 104 Å². The Hall–Kier alpha value is -1.49. The minimum Gasteiger partial charge on any atom is -0.481 e. The van der Waals surface area contributed by atoms with Crippen LogP contribution in [-0.2, 0) is 16.0 Å². The molecule has 0 heterocycles. The van der Waals surface area contributed by atoms with E-state index < -0.39 is 11.9 Å². The Balaban J connectivity index is 2.35. The van der Waals surface area contributed by atoms with Crippen molar-refractivity contribution in [3.05, 3.63) is 29.8 Å². The molecule has 0 aromatic heterocycles. The van der Waals surface area contributed by atoms with E-state index in [4.69, 9.17) is 10.2 Å². The molecule has 0 bridgehead atoms. The highest BCUT2D eigenvalue weighted by Crippen LogP contribution is 2.19. The SMILES string of the molecule is O=C(O)CCCSc1ccc(CC(=O)O)cc1. The lowest BCUT2D eigenvalue weighted by Crippen LogP contribution is -1.99. The summed E-state index contributed by atoms with van der Waals surface area (Å²) in [6, 6.07) is 7.30. The topological polar surface area (TPSA) is 74.6 Å². The first kappa shape index (κ1) is 13.6. The van der Waals surface area contributed by atoms with Crippen molar-refractivity contribution in [2.24, 2.45) is 0 Å². The molecule has 0 saturated carbocycles. The lowest BCUT2D eigenvalue weighted by Gasteiger charge is -2.02.